The van der Waals surface area contributed by atoms with Gasteiger partial charge < -0.3 is 15.0 Å². The number of halogens is 1. The van der Waals surface area contributed by atoms with Crippen molar-refractivity contribution in [3.05, 3.63) is 64.7 Å². The smallest absolute Gasteiger partial charge is 0.240 e. The van der Waals surface area contributed by atoms with Crippen LogP contribution in [0.25, 0.3) is 0 Å². The van der Waals surface area contributed by atoms with E-state index in [1.807, 2.05) is 23.1 Å². The highest BCUT2D eigenvalue weighted by Gasteiger charge is 2.37. The lowest BCUT2D eigenvalue weighted by Gasteiger charge is -2.42. The number of hydrogen-bond donors (Lipinski definition) is 1. The quantitative estimate of drug-likeness (QED) is 0.900. The fraction of sp³-hybridized carbons (Fsp3) is 0.381. The van der Waals surface area contributed by atoms with Crippen LogP contribution in [0.3, 0.4) is 0 Å². The van der Waals surface area contributed by atoms with Crippen molar-refractivity contribution < 1.29 is 9.53 Å². The standard InChI is InChI=1S/C21H24N2O2.ClH/c1-14-6-5-7-15(2)20(14)25-18-12-23(13-18)21(24)19-10-16-8-3-4-9-17(16)11-22-19;/h3-9,18-19,22H,10-13H2,1-2H3;1H/t19-;/m1./s1. The lowest BCUT2D eigenvalue weighted by atomic mass is 9.94. The van der Waals surface area contributed by atoms with E-state index < -0.39 is 0 Å². The van der Waals surface area contributed by atoms with E-state index in [9.17, 15) is 4.79 Å². The number of rotatable bonds is 3. The molecule has 0 saturated carbocycles. The summed E-state index contributed by atoms with van der Waals surface area (Å²) in [6.45, 7) is 6.24. The van der Waals surface area contributed by atoms with Gasteiger partial charge in [0, 0.05) is 6.54 Å². The number of ether oxygens (including phenoxy) is 1. The van der Waals surface area contributed by atoms with E-state index in [1.54, 1.807) is 0 Å². The molecule has 138 valence electrons. The normalized spacial score (nSPS) is 19.2. The second kappa shape index (κ2) is 7.68. The van der Waals surface area contributed by atoms with Crippen molar-refractivity contribution in [2.75, 3.05) is 13.1 Å². The van der Waals surface area contributed by atoms with Crippen molar-refractivity contribution in [1.82, 2.24) is 10.2 Å². The van der Waals surface area contributed by atoms with Gasteiger partial charge in [-0.2, -0.15) is 0 Å². The Morgan fingerprint density at radius 3 is 2.38 bits per heavy atom. The van der Waals surface area contributed by atoms with Crippen LogP contribution in [0.1, 0.15) is 22.3 Å². The van der Waals surface area contributed by atoms with Crippen molar-refractivity contribution in [1.29, 1.82) is 0 Å². The Kier molecular flexibility index (Phi) is 5.54. The molecule has 1 amide bonds. The van der Waals surface area contributed by atoms with Crippen LogP contribution in [0, 0.1) is 13.8 Å². The molecule has 1 fully saturated rings. The number of benzene rings is 2. The number of carbonyl (C=O) groups excluding carboxylic acids is 1. The summed E-state index contributed by atoms with van der Waals surface area (Å²) in [6, 6.07) is 14.4. The van der Waals surface area contributed by atoms with Gasteiger partial charge in [-0.25, -0.2) is 0 Å². The molecular formula is C21H25ClN2O2. The van der Waals surface area contributed by atoms with E-state index in [4.69, 9.17) is 4.74 Å². The van der Waals surface area contributed by atoms with Crippen LogP contribution in [0.5, 0.6) is 5.75 Å². The predicted octanol–water partition coefficient (Wildman–Crippen LogP) is 3.03. The largest absolute Gasteiger partial charge is 0.486 e. The summed E-state index contributed by atoms with van der Waals surface area (Å²) in [6.07, 6.45) is 0.869. The van der Waals surface area contributed by atoms with Gasteiger partial charge in [0.1, 0.15) is 11.9 Å². The molecule has 1 atom stereocenters. The Bertz CT molecular complexity index is 782. The van der Waals surface area contributed by atoms with Crippen molar-refractivity contribution in [2.45, 2.75) is 39.0 Å². The fourth-order valence-corrected chi connectivity index (χ4v) is 3.69. The minimum Gasteiger partial charge on any atom is -0.486 e. The topological polar surface area (TPSA) is 41.6 Å². The first-order chi connectivity index (χ1) is 12.1. The molecule has 1 N–H and O–H groups in total. The summed E-state index contributed by atoms with van der Waals surface area (Å²) in [5.74, 6) is 1.15. The summed E-state index contributed by atoms with van der Waals surface area (Å²) in [4.78, 5) is 14.6. The maximum absolute atomic E-state index is 12.7. The molecule has 0 aliphatic carbocycles. The minimum atomic E-state index is -0.115. The van der Waals surface area contributed by atoms with Crippen LogP contribution in [0.4, 0.5) is 0 Å². The molecule has 0 unspecified atom stereocenters. The zero-order valence-corrected chi connectivity index (χ0v) is 16.0. The number of carbonyl (C=O) groups is 1. The second-order valence-electron chi connectivity index (χ2n) is 7.11. The van der Waals surface area contributed by atoms with Crippen LogP contribution in [-0.2, 0) is 17.8 Å². The summed E-state index contributed by atoms with van der Waals surface area (Å²) >= 11 is 0. The number of nitrogens with one attached hydrogen (secondary N) is 1. The molecule has 1 saturated heterocycles. The highest BCUT2D eigenvalue weighted by Crippen LogP contribution is 2.27. The number of hydrogen-bond acceptors (Lipinski definition) is 3. The molecular weight excluding hydrogens is 348 g/mol. The number of fused-ring (bicyclic) bond motifs is 1. The first-order valence-corrected chi connectivity index (χ1v) is 8.93. The third kappa shape index (κ3) is 3.57. The zero-order chi connectivity index (χ0) is 17.4. The molecule has 0 spiro atoms. The molecule has 4 nitrogen and oxygen atoms in total. The Morgan fingerprint density at radius 2 is 1.69 bits per heavy atom. The van der Waals surface area contributed by atoms with Crippen LogP contribution in [-0.4, -0.2) is 36.0 Å². The second-order valence-corrected chi connectivity index (χ2v) is 7.11. The molecule has 2 heterocycles. The van der Waals surface area contributed by atoms with E-state index in [1.165, 1.54) is 11.1 Å². The average molecular weight is 373 g/mol. The monoisotopic (exact) mass is 372 g/mol. The first kappa shape index (κ1) is 18.7. The van der Waals surface area contributed by atoms with Crippen molar-refractivity contribution in [3.8, 4) is 5.75 Å². The fourth-order valence-electron chi connectivity index (χ4n) is 3.69. The van der Waals surface area contributed by atoms with Crippen molar-refractivity contribution in [3.63, 3.8) is 0 Å². The van der Waals surface area contributed by atoms with Crippen LogP contribution in [0.15, 0.2) is 42.5 Å². The van der Waals surface area contributed by atoms with Crippen molar-refractivity contribution >= 4 is 18.3 Å². The van der Waals surface area contributed by atoms with E-state index in [0.29, 0.717) is 13.1 Å². The van der Waals surface area contributed by atoms with E-state index >= 15 is 0 Å². The van der Waals surface area contributed by atoms with E-state index in [2.05, 4.69) is 43.4 Å². The highest BCUT2D eigenvalue weighted by atomic mass is 35.5. The van der Waals surface area contributed by atoms with Gasteiger partial charge in [-0.15, -0.1) is 12.4 Å². The lowest BCUT2D eigenvalue weighted by Crippen LogP contribution is -2.61. The third-order valence-electron chi connectivity index (χ3n) is 5.23. The van der Waals surface area contributed by atoms with Gasteiger partial charge in [-0.05, 0) is 42.5 Å². The molecule has 0 radical (unpaired) electrons. The van der Waals surface area contributed by atoms with E-state index in [-0.39, 0.29) is 30.5 Å². The number of para-hydroxylation sites is 1. The zero-order valence-electron chi connectivity index (χ0n) is 15.2. The highest BCUT2D eigenvalue weighted by molar-refractivity contribution is 5.85. The number of likely N-dealkylation sites (tertiary alicyclic amines) is 1. The number of nitrogens with zero attached hydrogens (tertiary/aromatic N) is 1. The molecule has 5 heteroatoms. The predicted molar refractivity (Wildman–Crippen MR) is 105 cm³/mol. The van der Waals surface area contributed by atoms with Crippen molar-refractivity contribution in [2.24, 2.45) is 0 Å². The third-order valence-corrected chi connectivity index (χ3v) is 5.23. The minimum absolute atomic E-state index is 0. The SMILES string of the molecule is Cc1cccc(C)c1OC1CN(C(=O)[C@H]2Cc3ccccc3CN2)C1.Cl. The van der Waals surface area contributed by atoms with Gasteiger partial charge >= 0.3 is 0 Å². The van der Waals surface area contributed by atoms with Crippen LogP contribution >= 0.6 is 12.4 Å². The van der Waals surface area contributed by atoms with Gasteiger partial charge in [0.2, 0.25) is 5.91 Å². The van der Waals surface area contributed by atoms with Crippen LogP contribution < -0.4 is 10.1 Å². The molecule has 0 bridgehead atoms. The Labute approximate surface area is 160 Å². The summed E-state index contributed by atoms with van der Waals surface area (Å²) in [7, 11) is 0. The maximum Gasteiger partial charge on any atom is 0.240 e. The molecule has 2 aliphatic heterocycles. The maximum atomic E-state index is 12.7. The molecule has 26 heavy (non-hydrogen) atoms. The summed E-state index contributed by atoms with van der Waals surface area (Å²) in [5, 5.41) is 3.37. The Hall–Kier alpha value is -2.04. The molecule has 2 aromatic carbocycles. The van der Waals surface area contributed by atoms with Gasteiger partial charge in [0.05, 0.1) is 19.1 Å². The molecule has 2 aliphatic rings. The summed E-state index contributed by atoms with van der Waals surface area (Å²) < 4.78 is 6.12. The first-order valence-electron chi connectivity index (χ1n) is 8.93. The molecule has 0 aromatic heterocycles. The van der Waals surface area contributed by atoms with E-state index in [0.717, 1.165) is 29.8 Å². The van der Waals surface area contributed by atoms with Gasteiger partial charge in [-0.1, -0.05) is 42.5 Å². The Balaban J connectivity index is 0.00000196. The number of amides is 1. The van der Waals surface area contributed by atoms with Gasteiger partial charge in [0.15, 0.2) is 0 Å². The Morgan fingerprint density at radius 1 is 1.04 bits per heavy atom. The lowest BCUT2D eigenvalue weighted by molar-refractivity contribution is -0.142. The molecule has 4 rings (SSSR count). The summed E-state index contributed by atoms with van der Waals surface area (Å²) in [5.41, 5.74) is 4.88. The molecule has 2 aromatic rings. The average Bonchev–Trinajstić information content (AvgIpc) is 2.59. The van der Waals surface area contributed by atoms with Gasteiger partial charge in [0.25, 0.3) is 0 Å². The van der Waals surface area contributed by atoms with Gasteiger partial charge in [-0.3, -0.25) is 4.79 Å². The number of aryl methyl sites for hydroxylation is 2. The van der Waals surface area contributed by atoms with Crippen LogP contribution in [0.2, 0.25) is 0 Å².